The number of hydrogen-bond donors (Lipinski definition) is 1. The Hall–Kier alpha value is -1.75. The first-order valence-electron chi connectivity index (χ1n) is 5.76. The molecule has 92 valence electrons. The van der Waals surface area contributed by atoms with Crippen LogP contribution in [0.4, 0.5) is 0 Å². The Kier molecular flexibility index (Phi) is 2.45. The van der Waals surface area contributed by atoms with Gasteiger partial charge in [-0.05, 0) is 31.9 Å². The molecule has 4 nitrogen and oxygen atoms in total. The van der Waals surface area contributed by atoms with Crippen molar-refractivity contribution in [3.05, 3.63) is 35.0 Å². The van der Waals surface area contributed by atoms with Crippen LogP contribution in [-0.4, -0.2) is 21.0 Å². The molecule has 2 aromatic rings. The van der Waals surface area contributed by atoms with Crippen LogP contribution in [-0.2, 0) is 10.2 Å². The summed E-state index contributed by atoms with van der Waals surface area (Å²) in [4.78, 5) is 20.9. The predicted molar refractivity (Wildman–Crippen MR) is 68.6 cm³/mol. The second-order valence-corrected chi connectivity index (χ2v) is 5.53. The maximum absolute atomic E-state index is 11.3. The van der Waals surface area contributed by atoms with Gasteiger partial charge in [0.15, 0.2) is 0 Å². The number of thiazole rings is 1. The van der Waals surface area contributed by atoms with E-state index in [1.807, 2.05) is 25.1 Å². The molecule has 0 aromatic carbocycles. The van der Waals surface area contributed by atoms with E-state index in [-0.39, 0.29) is 0 Å². The number of carbonyl (C=O) groups is 1. The minimum Gasteiger partial charge on any atom is -0.481 e. The minimum absolute atomic E-state index is 0.672. The summed E-state index contributed by atoms with van der Waals surface area (Å²) in [5, 5.41) is 10.1. The first-order chi connectivity index (χ1) is 8.63. The van der Waals surface area contributed by atoms with Crippen LogP contribution in [0.5, 0.6) is 0 Å². The number of aromatic nitrogens is 2. The topological polar surface area (TPSA) is 63.1 Å². The van der Waals surface area contributed by atoms with Crippen molar-refractivity contribution in [1.82, 2.24) is 9.97 Å². The molecule has 0 radical (unpaired) electrons. The van der Waals surface area contributed by atoms with E-state index in [0.717, 1.165) is 21.3 Å². The largest absolute Gasteiger partial charge is 0.481 e. The monoisotopic (exact) mass is 260 g/mol. The fourth-order valence-corrected chi connectivity index (χ4v) is 3.38. The summed E-state index contributed by atoms with van der Waals surface area (Å²) in [6, 6.07) is 5.65. The zero-order chi connectivity index (χ0) is 12.8. The van der Waals surface area contributed by atoms with Gasteiger partial charge in [-0.15, -0.1) is 11.3 Å². The molecule has 2 aromatic heterocycles. The van der Waals surface area contributed by atoms with Crippen LogP contribution in [0.15, 0.2) is 24.4 Å². The van der Waals surface area contributed by atoms with E-state index in [9.17, 15) is 9.90 Å². The van der Waals surface area contributed by atoms with E-state index in [1.165, 1.54) is 11.3 Å². The van der Waals surface area contributed by atoms with Crippen molar-refractivity contribution >= 4 is 17.3 Å². The zero-order valence-corrected chi connectivity index (χ0v) is 10.7. The number of hydrogen-bond acceptors (Lipinski definition) is 4. The van der Waals surface area contributed by atoms with Crippen LogP contribution in [0.2, 0.25) is 0 Å². The highest BCUT2D eigenvalue weighted by Crippen LogP contribution is 2.52. The number of carboxylic acid groups (broad SMARTS) is 1. The third-order valence-corrected chi connectivity index (χ3v) is 4.66. The summed E-state index contributed by atoms with van der Waals surface area (Å²) in [6.45, 7) is 1.88. The van der Waals surface area contributed by atoms with Gasteiger partial charge in [-0.2, -0.15) is 0 Å². The highest BCUT2D eigenvalue weighted by atomic mass is 32.1. The first-order valence-corrected chi connectivity index (χ1v) is 6.58. The van der Waals surface area contributed by atoms with Gasteiger partial charge in [0.2, 0.25) is 0 Å². The molecule has 0 spiro atoms. The lowest BCUT2D eigenvalue weighted by Crippen LogP contribution is -2.18. The molecule has 1 N–H and O–H groups in total. The Bertz CT molecular complexity index is 603. The van der Waals surface area contributed by atoms with Crippen molar-refractivity contribution in [2.45, 2.75) is 25.2 Å². The van der Waals surface area contributed by atoms with Crippen molar-refractivity contribution in [3.8, 4) is 10.7 Å². The Labute approximate surface area is 108 Å². The zero-order valence-electron chi connectivity index (χ0n) is 9.88. The average Bonchev–Trinajstić information content (AvgIpc) is 3.09. The lowest BCUT2D eigenvalue weighted by molar-refractivity contribution is -0.139. The number of carboxylic acids is 1. The third-order valence-electron chi connectivity index (χ3n) is 3.27. The van der Waals surface area contributed by atoms with Crippen molar-refractivity contribution in [2.75, 3.05) is 0 Å². The fraction of sp³-hybridized carbons (Fsp3) is 0.308. The Morgan fingerprint density at radius 1 is 1.44 bits per heavy atom. The van der Waals surface area contributed by atoms with Crippen LogP contribution < -0.4 is 0 Å². The molecule has 0 amide bonds. The summed E-state index contributed by atoms with van der Waals surface area (Å²) in [6.07, 6.45) is 3.15. The average molecular weight is 260 g/mol. The van der Waals surface area contributed by atoms with Gasteiger partial charge < -0.3 is 5.11 Å². The molecule has 2 heterocycles. The quantitative estimate of drug-likeness (QED) is 0.921. The van der Waals surface area contributed by atoms with Crippen LogP contribution >= 0.6 is 11.3 Å². The fourth-order valence-electron chi connectivity index (χ4n) is 2.10. The van der Waals surface area contributed by atoms with Gasteiger partial charge in [0.1, 0.15) is 10.4 Å². The third kappa shape index (κ3) is 1.62. The maximum atomic E-state index is 11.3. The van der Waals surface area contributed by atoms with Crippen molar-refractivity contribution in [3.63, 3.8) is 0 Å². The van der Waals surface area contributed by atoms with Crippen LogP contribution in [0, 0.1) is 6.92 Å². The van der Waals surface area contributed by atoms with Crippen molar-refractivity contribution in [2.24, 2.45) is 0 Å². The van der Waals surface area contributed by atoms with Gasteiger partial charge in [0, 0.05) is 11.1 Å². The van der Waals surface area contributed by atoms with E-state index in [1.54, 1.807) is 6.20 Å². The lowest BCUT2D eigenvalue weighted by Gasteiger charge is -2.06. The van der Waals surface area contributed by atoms with E-state index >= 15 is 0 Å². The molecule has 0 atom stereocenters. The van der Waals surface area contributed by atoms with Crippen molar-refractivity contribution in [1.29, 1.82) is 0 Å². The normalized spacial score (nSPS) is 16.5. The summed E-state index contributed by atoms with van der Waals surface area (Å²) >= 11 is 1.46. The molecular weight excluding hydrogens is 248 g/mol. The molecule has 3 rings (SSSR count). The van der Waals surface area contributed by atoms with Crippen LogP contribution in [0.1, 0.15) is 23.4 Å². The Morgan fingerprint density at radius 2 is 2.22 bits per heavy atom. The van der Waals surface area contributed by atoms with E-state index in [4.69, 9.17) is 0 Å². The SMILES string of the molecule is Cc1nc(-c2ccccn2)sc1C1(C(=O)O)CC1. The first kappa shape index (κ1) is 11.3. The van der Waals surface area contributed by atoms with Gasteiger partial charge >= 0.3 is 5.97 Å². The second kappa shape index (κ2) is 3.88. The number of pyridine rings is 1. The molecule has 0 saturated heterocycles. The van der Waals surface area contributed by atoms with E-state index in [0.29, 0.717) is 12.8 Å². The molecule has 1 aliphatic rings. The molecule has 18 heavy (non-hydrogen) atoms. The molecule has 1 aliphatic carbocycles. The van der Waals surface area contributed by atoms with Gasteiger partial charge in [0.05, 0.1) is 11.4 Å². The molecular formula is C13H12N2O2S. The number of aliphatic carboxylic acids is 1. The smallest absolute Gasteiger partial charge is 0.315 e. The summed E-state index contributed by atoms with van der Waals surface area (Å²) in [5.41, 5.74) is 0.952. The highest BCUT2D eigenvalue weighted by molar-refractivity contribution is 7.15. The number of rotatable bonds is 3. The number of aryl methyl sites for hydroxylation is 1. The van der Waals surface area contributed by atoms with Gasteiger partial charge in [-0.3, -0.25) is 9.78 Å². The highest BCUT2D eigenvalue weighted by Gasteiger charge is 2.54. The predicted octanol–water partition coefficient (Wildman–Crippen LogP) is 2.63. The van der Waals surface area contributed by atoms with Gasteiger partial charge in [-0.1, -0.05) is 6.07 Å². The summed E-state index contributed by atoms with van der Waals surface area (Å²) in [7, 11) is 0. The van der Waals surface area contributed by atoms with E-state index in [2.05, 4.69) is 9.97 Å². The summed E-state index contributed by atoms with van der Waals surface area (Å²) in [5.74, 6) is -0.734. The number of nitrogens with zero attached hydrogens (tertiary/aromatic N) is 2. The van der Waals surface area contributed by atoms with Crippen molar-refractivity contribution < 1.29 is 9.90 Å². The van der Waals surface area contributed by atoms with Gasteiger partial charge in [-0.25, -0.2) is 4.98 Å². The van der Waals surface area contributed by atoms with Crippen LogP contribution in [0.3, 0.4) is 0 Å². The molecule has 0 unspecified atom stereocenters. The Morgan fingerprint density at radius 3 is 2.78 bits per heavy atom. The second-order valence-electron chi connectivity index (χ2n) is 4.54. The standard InChI is InChI=1S/C13H12N2O2S/c1-8-10(13(5-6-13)12(16)17)18-11(15-8)9-4-2-3-7-14-9/h2-4,7H,5-6H2,1H3,(H,16,17). The minimum atomic E-state index is -0.734. The molecule has 5 heteroatoms. The molecule has 0 bridgehead atoms. The van der Waals surface area contributed by atoms with Gasteiger partial charge in [0.25, 0.3) is 0 Å². The van der Waals surface area contributed by atoms with E-state index < -0.39 is 11.4 Å². The molecule has 0 aliphatic heterocycles. The maximum Gasteiger partial charge on any atom is 0.315 e. The lowest BCUT2D eigenvalue weighted by atomic mass is 10.0. The molecule has 1 fully saturated rings. The van der Waals surface area contributed by atoms with Crippen LogP contribution in [0.25, 0.3) is 10.7 Å². The Balaban J connectivity index is 2.05. The summed E-state index contributed by atoms with van der Waals surface area (Å²) < 4.78 is 0. The molecule has 1 saturated carbocycles.